The summed E-state index contributed by atoms with van der Waals surface area (Å²) in [6.07, 6.45) is 2.64. The highest BCUT2D eigenvalue weighted by Gasteiger charge is 2.19. The number of ether oxygens (including phenoxy) is 1. The molecule has 0 saturated carbocycles. The SMILES string of the molecule is CC(C)C(CCN)CCC(=O)N1CCOCC1. The highest BCUT2D eigenvalue weighted by Crippen LogP contribution is 2.21. The molecule has 1 aliphatic rings. The summed E-state index contributed by atoms with van der Waals surface area (Å²) >= 11 is 0. The van der Waals surface area contributed by atoms with Gasteiger partial charge < -0.3 is 15.4 Å². The summed E-state index contributed by atoms with van der Waals surface area (Å²) < 4.78 is 5.24. The molecule has 0 spiro atoms. The standard InChI is InChI=1S/C13H26N2O2/c1-11(2)12(5-6-14)3-4-13(16)15-7-9-17-10-8-15/h11-12H,3-10,14H2,1-2H3. The predicted octanol–water partition coefficient (Wildman–Crippen LogP) is 1.25. The van der Waals surface area contributed by atoms with Gasteiger partial charge in [0.2, 0.25) is 5.91 Å². The smallest absolute Gasteiger partial charge is 0.222 e. The fraction of sp³-hybridized carbons (Fsp3) is 0.923. The van der Waals surface area contributed by atoms with E-state index in [1.54, 1.807) is 0 Å². The van der Waals surface area contributed by atoms with Crippen molar-refractivity contribution in [2.24, 2.45) is 17.6 Å². The molecule has 0 radical (unpaired) electrons. The second-order valence-electron chi connectivity index (χ2n) is 5.11. The van der Waals surface area contributed by atoms with Crippen LogP contribution in [-0.4, -0.2) is 43.7 Å². The van der Waals surface area contributed by atoms with Crippen LogP contribution in [0.4, 0.5) is 0 Å². The maximum atomic E-state index is 12.0. The van der Waals surface area contributed by atoms with Crippen LogP contribution in [-0.2, 0) is 9.53 Å². The van der Waals surface area contributed by atoms with Gasteiger partial charge in [-0.25, -0.2) is 0 Å². The van der Waals surface area contributed by atoms with Gasteiger partial charge in [-0.05, 0) is 31.2 Å². The van der Waals surface area contributed by atoms with Crippen LogP contribution < -0.4 is 5.73 Å². The monoisotopic (exact) mass is 242 g/mol. The molecule has 1 saturated heterocycles. The van der Waals surface area contributed by atoms with Crippen molar-refractivity contribution in [2.45, 2.75) is 33.1 Å². The van der Waals surface area contributed by atoms with Gasteiger partial charge in [0.25, 0.3) is 0 Å². The summed E-state index contributed by atoms with van der Waals surface area (Å²) in [5.41, 5.74) is 5.60. The van der Waals surface area contributed by atoms with Crippen LogP contribution in [0.5, 0.6) is 0 Å². The minimum atomic E-state index is 0.274. The third kappa shape index (κ3) is 5.04. The Kier molecular flexibility index (Phi) is 6.52. The number of nitrogens with zero attached hydrogens (tertiary/aromatic N) is 1. The molecule has 1 amide bonds. The lowest BCUT2D eigenvalue weighted by Gasteiger charge is -2.28. The summed E-state index contributed by atoms with van der Waals surface area (Å²) in [7, 11) is 0. The lowest BCUT2D eigenvalue weighted by Crippen LogP contribution is -2.40. The first-order valence-corrected chi connectivity index (χ1v) is 6.70. The average Bonchev–Trinajstić information content (AvgIpc) is 2.34. The molecule has 100 valence electrons. The first-order chi connectivity index (χ1) is 8.15. The third-order valence-electron chi connectivity index (χ3n) is 3.57. The predicted molar refractivity (Wildman–Crippen MR) is 68.6 cm³/mol. The second kappa shape index (κ2) is 7.67. The lowest BCUT2D eigenvalue weighted by atomic mass is 9.88. The van der Waals surface area contributed by atoms with Crippen molar-refractivity contribution in [3.8, 4) is 0 Å². The van der Waals surface area contributed by atoms with E-state index in [2.05, 4.69) is 13.8 Å². The summed E-state index contributed by atoms with van der Waals surface area (Å²) in [5.74, 6) is 1.46. The average molecular weight is 242 g/mol. The molecule has 4 nitrogen and oxygen atoms in total. The van der Waals surface area contributed by atoms with Gasteiger partial charge >= 0.3 is 0 Å². The molecule has 1 unspecified atom stereocenters. The largest absolute Gasteiger partial charge is 0.378 e. The Labute approximate surface area is 104 Å². The molecular weight excluding hydrogens is 216 g/mol. The molecule has 0 aromatic carbocycles. The molecule has 17 heavy (non-hydrogen) atoms. The van der Waals surface area contributed by atoms with Gasteiger partial charge in [-0.1, -0.05) is 13.8 Å². The van der Waals surface area contributed by atoms with Crippen molar-refractivity contribution < 1.29 is 9.53 Å². The Morgan fingerprint density at radius 1 is 1.29 bits per heavy atom. The zero-order chi connectivity index (χ0) is 12.7. The molecule has 1 atom stereocenters. The number of morpholine rings is 1. The van der Waals surface area contributed by atoms with Crippen LogP contribution >= 0.6 is 0 Å². The maximum absolute atomic E-state index is 12.0. The highest BCUT2D eigenvalue weighted by atomic mass is 16.5. The van der Waals surface area contributed by atoms with Crippen LogP contribution in [0.2, 0.25) is 0 Å². The van der Waals surface area contributed by atoms with Crippen molar-refractivity contribution in [1.29, 1.82) is 0 Å². The number of carbonyl (C=O) groups excluding carboxylic acids is 1. The highest BCUT2D eigenvalue weighted by molar-refractivity contribution is 5.76. The van der Waals surface area contributed by atoms with Crippen molar-refractivity contribution in [3.05, 3.63) is 0 Å². The third-order valence-corrected chi connectivity index (χ3v) is 3.57. The number of rotatable bonds is 6. The minimum absolute atomic E-state index is 0.274. The Hall–Kier alpha value is -0.610. The fourth-order valence-corrected chi connectivity index (χ4v) is 2.30. The molecule has 0 aromatic rings. The zero-order valence-electron chi connectivity index (χ0n) is 11.2. The van der Waals surface area contributed by atoms with Gasteiger partial charge in [0.15, 0.2) is 0 Å². The van der Waals surface area contributed by atoms with Gasteiger partial charge in [0.1, 0.15) is 0 Å². The molecule has 4 heteroatoms. The van der Waals surface area contributed by atoms with E-state index in [4.69, 9.17) is 10.5 Å². The van der Waals surface area contributed by atoms with E-state index in [1.807, 2.05) is 4.90 Å². The van der Waals surface area contributed by atoms with Crippen molar-refractivity contribution in [1.82, 2.24) is 4.90 Å². The van der Waals surface area contributed by atoms with Gasteiger partial charge in [-0.3, -0.25) is 4.79 Å². The summed E-state index contributed by atoms with van der Waals surface area (Å²) in [6.45, 7) is 8.00. The maximum Gasteiger partial charge on any atom is 0.222 e. The quantitative estimate of drug-likeness (QED) is 0.762. The summed E-state index contributed by atoms with van der Waals surface area (Å²) in [4.78, 5) is 13.9. The van der Waals surface area contributed by atoms with Gasteiger partial charge in [-0.2, -0.15) is 0 Å². The number of hydrogen-bond acceptors (Lipinski definition) is 3. The topological polar surface area (TPSA) is 55.6 Å². The second-order valence-corrected chi connectivity index (χ2v) is 5.11. The van der Waals surface area contributed by atoms with E-state index >= 15 is 0 Å². The minimum Gasteiger partial charge on any atom is -0.378 e. The summed E-state index contributed by atoms with van der Waals surface area (Å²) in [6, 6.07) is 0. The van der Waals surface area contributed by atoms with Crippen LogP contribution in [0.25, 0.3) is 0 Å². The number of amides is 1. The number of hydrogen-bond donors (Lipinski definition) is 1. The fourth-order valence-electron chi connectivity index (χ4n) is 2.30. The number of carbonyl (C=O) groups is 1. The van der Waals surface area contributed by atoms with E-state index in [9.17, 15) is 4.79 Å². The van der Waals surface area contributed by atoms with E-state index < -0.39 is 0 Å². The molecular formula is C13H26N2O2. The van der Waals surface area contributed by atoms with Crippen molar-refractivity contribution >= 4 is 5.91 Å². The van der Waals surface area contributed by atoms with E-state index in [-0.39, 0.29) is 5.91 Å². The van der Waals surface area contributed by atoms with Gasteiger partial charge in [0, 0.05) is 19.5 Å². The van der Waals surface area contributed by atoms with Gasteiger partial charge in [-0.15, -0.1) is 0 Å². The van der Waals surface area contributed by atoms with Crippen LogP contribution in [0.1, 0.15) is 33.1 Å². The van der Waals surface area contributed by atoms with Crippen molar-refractivity contribution in [3.63, 3.8) is 0 Å². The first kappa shape index (κ1) is 14.5. The zero-order valence-corrected chi connectivity index (χ0v) is 11.2. The van der Waals surface area contributed by atoms with E-state index in [0.29, 0.717) is 38.0 Å². The van der Waals surface area contributed by atoms with E-state index in [1.165, 1.54) is 0 Å². The molecule has 1 heterocycles. The molecule has 1 rings (SSSR count). The molecule has 1 fully saturated rings. The molecule has 1 aliphatic heterocycles. The molecule has 0 aliphatic carbocycles. The van der Waals surface area contributed by atoms with E-state index in [0.717, 1.165) is 25.9 Å². The normalized spacial score (nSPS) is 18.5. The Morgan fingerprint density at radius 3 is 2.47 bits per heavy atom. The number of nitrogens with two attached hydrogens (primary N) is 1. The first-order valence-electron chi connectivity index (χ1n) is 6.70. The molecule has 2 N–H and O–H groups in total. The van der Waals surface area contributed by atoms with Crippen LogP contribution in [0.15, 0.2) is 0 Å². The van der Waals surface area contributed by atoms with Crippen molar-refractivity contribution in [2.75, 3.05) is 32.8 Å². The molecule has 0 bridgehead atoms. The Balaban J connectivity index is 2.29. The van der Waals surface area contributed by atoms with Gasteiger partial charge in [0.05, 0.1) is 13.2 Å². The Bertz CT molecular complexity index is 225. The van der Waals surface area contributed by atoms with Crippen LogP contribution in [0.3, 0.4) is 0 Å². The Morgan fingerprint density at radius 2 is 1.94 bits per heavy atom. The molecule has 0 aromatic heterocycles. The van der Waals surface area contributed by atoms with Crippen LogP contribution in [0, 0.1) is 11.8 Å². The summed E-state index contributed by atoms with van der Waals surface area (Å²) in [5, 5.41) is 0. The lowest BCUT2D eigenvalue weighted by molar-refractivity contribution is -0.135.